The third-order valence-electron chi connectivity index (χ3n) is 4.30. The number of aromatic nitrogens is 4. The molecule has 2 aromatic carbocycles. The van der Waals surface area contributed by atoms with E-state index >= 15 is 0 Å². The summed E-state index contributed by atoms with van der Waals surface area (Å²) in [7, 11) is 0. The molecule has 1 N–H and O–H groups in total. The highest BCUT2D eigenvalue weighted by atomic mass is 32.2. The summed E-state index contributed by atoms with van der Waals surface area (Å²) in [6.45, 7) is 7.90. The number of carbonyl (C=O) groups excluding carboxylic acids is 1. The van der Waals surface area contributed by atoms with E-state index in [-0.39, 0.29) is 11.2 Å². The molecule has 0 unspecified atom stereocenters. The standard InChI is InChI=1S/C19H21N5OS/c1-12-9-7-11-17(14(12)3)24-19(21-22-23-24)26-15(4)18(25)20-16-10-6-5-8-13(16)2/h5-11,15H,1-4H3,(H,20,25)/t15-/m0/s1. The van der Waals surface area contributed by atoms with E-state index in [0.29, 0.717) is 5.16 Å². The van der Waals surface area contributed by atoms with Crippen molar-refractivity contribution in [3.05, 3.63) is 59.2 Å². The van der Waals surface area contributed by atoms with Crippen molar-refractivity contribution in [3.8, 4) is 5.69 Å². The summed E-state index contributed by atoms with van der Waals surface area (Å²) in [5.41, 5.74) is 5.04. The smallest absolute Gasteiger partial charge is 0.237 e. The number of tetrazole rings is 1. The molecule has 0 aliphatic rings. The number of rotatable bonds is 5. The van der Waals surface area contributed by atoms with Gasteiger partial charge in [-0.3, -0.25) is 4.79 Å². The number of benzene rings is 2. The van der Waals surface area contributed by atoms with E-state index in [4.69, 9.17) is 0 Å². The summed E-state index contributed by atoms with van der Waals surface area (Å²) in [6.07, 6.45) is 0. The van der Waals surface area contributed by atoms with E-state index in [1.54, 1.807) is 4.68 Å². The van der Waals surface area contributed by atoms with Gasteiger partial charge in [-0.05, 0) is 66.9 Å². The van der Waals surface area contributed by atoms with Crippen LogP contribution in [0.1, 0.15) is 23.6 Å². The summed E-state index contributed by atoms with van der Waals surface area (Å²) in [5.74, 6) is -0.0835. The van der Waals surface area contributed by atoms with Gasteiger partial charge < -0.3 is 5.32 Å². The van der Waals surface area contributed by atoms with Gasteiger partial charge in [0, 0.05) is 5.69 Å². The zero-order chi connectivity index (χ0) is 18.7. The summed E-state index contributed by atoms with van der Waals surface area (Å²) in [4.78, 5) is 12.5. The van der Waals surface area contributed by atoms with Gasteiger partial charge in [0.2, 0.25) is 11.1 Å². The Kier molecular flexibility index (Phi) is 5.37. The quantitative estimate of drug-likeness (QED) is 0.696. The molecule has 0 saturated heterocycles. The van der Waals surface area contributed by atoms with E-state index in [2.05, 4.69) is 20.8 Å². The number of carbonyl (C=O) groups is 1. The number of amides is 1. The van der Waals surface area contributed by atoms with Gasteiger partial charge in [0.15, 0.2) is 0 Å². The molecule has 0 fully saturated rings. The lowest BCUT2D eigenvalue weighted by Gasteiger charge is -2.14. The van der Waals surface area contributed by atoms with E-state index in [9.17, 15) is 4.79 Å². The van der Waals surface area contributed by atoms with Crippen molar-refractivity contribution in [1.82, 2.24) is 20.2 Å². The third-order valence-corrected chi connectivity index (χ3v) is 5.33. The zero-order valence-corrected chi connectivity index (χ0v) is 16.0. The minimum Gasteiger partial charge on any atom is -0.325 e. The Morgan fingerprint density at radius 1 is 1.08 bits per heavy atom. The molecule has 134 valence electrons. The molecule has 0 radical (unpaired) electrons. The highest BCUT2D eigenvalue weighted by Gasteiger charge is 2.20. The summed E-state index contributed by atoms with van der Waals surface area (Å²) in [6, 6.07) is 13.7. The number of nitrogens with one attached hydrogen (secondary N) is 1. The van der Waals surface area contributed by atoms with Crippen molar-refractivity contribution >= 4 is 23.4 Å². The van der Waals surface area contributed by atoms with Crippen LogP contribution in [0.15, 0.2) is 47.6 Å². The Morgan fingerprint density at radius 3 is 2.58 bits per heavy atom. The Labute approximate surface area is 157 Å². The van der Waals surface area contributed by atoms with Crippen LogP contribution in [0.3, 0.4) is 0 Å². The third kappa shape index (κ3) is 3.77. The van der Waals surface area contributed by atoms with Crippen LogP contribution in [-0.4, -0.2) is 31.4 Å². The van der Waals surface area contributed by atoms with Crippen LogP contribution in [-0.2, 0) is 4.79 Å². The summed E-state index contributed by atoms with van der Waals surface area (Å²) in [5, 5.41) is 15.2. The number of hydrogen-bond acceptors (Lipinski definition) is 5. The van der Waals surface area contributed by atoms with Crippen molar-refractivity contribution < 1.29 is 4.79 Å². The fraction of sp³-hybridized carbons (Fsp3) is 0.263. The Bertz CT molecular complexity index is 937. The number of hydrogen-bond donors (Lipinski definition) is 1. The second-order valence-corrected chi connectivity index (χ2v) is 7.46. The van der Waals surface area contributed by atoms with Gasteiger partial charge >= 0.3 is 0 Å². The lowest BCUT2D eigenvalue weighted by Crippen LogP contribution is -2.23. The monoisotopic (exact) mass is 367 g/mol. The molecular weight excluding hydrogens is 346 g/mol. The zero-order valence-electron chi connectivity index (χ0n) is 15.2. The Morgan fingerprint density at radius 2 is 1.81 bits per heavy atom. The molecule has 0 aliphatic heterocycles. The summed E-state index contributed by atoms with van der Waals surface area (Å²) >= 11 is 1.33. The predicted octanol–water partition coefficient (Wildman–Crippen LogP) is 3.71. The van der Waals surface area contributed by atoms with Crippen LogP contribution in [0, 0.1) is 20.8 Å². The van der Waals surface area contributed by atoms with E-state index < -0.39 is 0 Å². The van der Waals surface area contributed by atoms with Gasteiger partial charge in [-0.25, -0.2) is 0 Å². The van der Waals surface area contributed by atoms with Gasteiger partial charge in [-0.2, -0.15) is 4.68 Å². The number of nitrogens with zero attached hydrogens (tertiary/aromatic N) is 4. The van der Waals surface area contributed by atoms with E-state index in [1.165, 1.54) is 17.3 Å². The molecule has 1 atom stereocenters. The van der Waals surface area contributed by atoms with Crippen molar-refractivity contribution in [3.63, 3.8) is 0 Å². The van der Waals surface area contributed by atoms with Gasteiger partial charge in [-0.1, -0.05) is 42.1 Å². The van der Waals surface area contributed by atoms with Gasteiger partial charge in [0.1, 0.15) is 0 Å². The van der Waals surface area contributed by atoms with Crippen molar-refractivity contribution in [1.29, 1.82) is 0 Å². The first-order chi connectivity index (χ1) is 12.5. The minimum atomic E-state index is -0.343. The molecule has 1 aromatic heterocycles. The maximum absolute atomic E-state index is 12.5. The molecule has 7 heteroatoms. The van der Waals surface area contributed by atoms with Crippen molar-refractivity contribution in [2.45, 2.75) is 38.1 Å². The van der Waals surface area contributed by atoms with Crippen LogP contribution >= 0.6 is 11.8 Å². The second kappa shape index (κ2) is 7.70. The average molecular weight is 367 g/mol. The van der Waals surface area contributed by atoms with Crippen LogP contribution in [0.2, 0.25) is 0 Å². The molecule has 6 nitrogen and oxygen atoms in total. The maximum Gasteiger partial charge on any atom is 0.237 e. The van der Waals surface area contributed by atoms with Crippen LogP contribution in [0.25, 0.3) is 5.69 Å². The fourth-order valence-corrected chi connectivity index (χ4v) is 3.33. The number of thioether (sulfide) groups is 1. The lowest BCUT2D eigenvalue weighted by molar-refractivity contribution is -0.115. The SMILES string of the molecule is Cc1ccccc1NC(=O)[C@H](C)Sc1nnnn1-c1cccc(C)c1C. The Balaban J connectivity index is 1.78. The van der Waals surface area contributed by atoms with E-state index in [0.717, 1.165) is 22.5 Å². The molecule has 26 heavy (non-hydrogen) atoms. The predicted molar refractivity (Wildman–Crippen MR) is 104 cm³/mol. The first-order valence-corrected chi connectivity index (χ1v) is 9.23. The van der Waals surface area contributed by atoms with Gasteiger partial charge in [-0.15, -0.1) is 5.10 Å². The molecular formula is C19H21N5OS. The van der Waals surface area contributed by atoms with Crippen LogP contribution in [0.5, 0.6) is 0 Å². The largest absolute Gasteiger partial charge is 0.325 e. The highest BCUT2D eigenvalue weighted by Crippen LogP contribution is 2.26. The van der Waals surface area contributed by atoms with Crippen LogP contribution < -0.4 is 5.32 Å². The molecule has 3 rings (SSSR count). The van der Waals surface area contributed by atoms with Crippen molar-refractivity contribution in [2.24, 2.45) is 0 Å². The van der Waals surface area contributed by atoms with Crippen molar-refractivity contribution in [2.75, 3.05) is 5.32 Å². The number of anilines is 1. The number of para-hydroxylation sites is 1. The molecule has 3 aromatic rings. The number of aryl methyl sites for hydroxylation is 2. The molecule has 0 saturated carbocycles. The molecule has 0 aliphatic carbocycles. The van der Waals surface area contributed by atoms with Crippen LogP contribution in [0.4, 0.5) is 5.69 Å². The highest BCUT2D eigenvalue weighted by molar-refractivity contribution is 8.00. The van der Waals surface area contributed by atoms with Gasteiger partial charge in [0.25, 0.3) is 0 Å². The van der Waals surface area contributed by atoms with E-state index in [1.807, 2.05) is 70.2 Å². The molecule has 1 heterocycles. The molecule has 0 spiro atoms. The first-order valence-electron chi connectivity index (χ1n) is 8.35. The first kappa shape index (κ1) is 18.1. The minimum absolute atomic E-state index is 0.0835. The molecule has 1 amide bonds. The average Bonchev–Trinajstić information content (AvgIpc) is 3.07. The Hall–Kier alpha value is -2.67. The lowest BCUT2D eigenvalue weighted by atomic mass is 10.1. The normalized spacial score (nSPS) is 12.0. The maximum atomic E-state index is 12.5. The fourth-order valence-electron chi connectivity index (χ4n) is 2.53. The second-order valence-electron chi connectivity index (χ2n) is 6.16. The molecule has 0 bridgehead atoms. The van der Waals surface area contributed by atoms with Gasteiger partial charge in [0.05, 0.1) is 10.9 Å². The summed E-state index contributed by atoms with van der Waals surface area (Å²) < 4.78 is 1.69. The topological polar surface area (TPSA) is 72.7 Å².